The highest BCUT2D eigenvalue weighted by Gasteiger charge is 2.37. The Morgan fingerprint density at radius 1 is 1.33 bits per heavy atom. The maximum Gasteiger partial charge on any atom is 0.395 e. The van der Waals surface area contributed by atoms with Crippen molar-refractivity contribution in [1.82, 2.24) is 0 Å². The van der Waals surface area contributed by atoms with Gasteiger partial charge in [0.05, 0.1) is 5.92 Å². The molecule has 68 valence electrons. The normalized spacial score (nSPS) is 15.5. The molecule has 0 saturated heterocycles. The second-order valence-corrected chi connectivity index (χ2v) is 2.37. The van der Waals surface area contributed by atoms with Gasteiger partial charge >= 0.3 is 6.18 Å². The fraction of sp³-hybridized carbons (Fsp3) is 0.333. The van der Waals surface area contributed by atoms with Crippen LogP contribution in [0.5, 0.6) is 0 Å². The molecule has 0 aliphatic carbocycles. The minimum Gasteiger partial charge on any atom is -0.170 e. The summed E-state index contributed by atoms with van der Waals surface area (Å²) in [6, 6.07) is 0. The zero-order valence-corrected chi connectivity index (χ0v) is 6.86. The second-order valence-electron chi connectivity index (χ2n) is 2.37. The van der Waals surface area contributed by atoms with Crippen LogP contribution in [0.1, 0.15) is 6.92 Å². The van der Waals surface area contributed by atoms with Gasteiger partial charge in [-0.2, -0.15) is 13.2 Å². The molecule has 12 heavy (non-hydrogen) atoms. The highest BCUT2D eigenvalue weighted by atomic mass is 19.4. The number of rotatable bonds is 3. The van der Waals surface area contributed by atoms with E-state index in [-0.39, 0.29) is 5.57 Å². The van der Waals surface area contributed by atoms with Gasteiger partial charge < -0.3 is 0 Å². The molecule has 0 fully saturated rings. The van der Waals surface area contributed by atoms with Gasteiger partial charge in [-0.15, -0.1) is 0 Å². The molecule has 0 amide bonds. The molecule has 0 spiro atoms. The first-order valence-electron chi connectivity index (χ1n) is 3.45. The molecule has 0 N–H and O–H groups in total. The molecule has 0 aliphatic heterocycles. The lowest BCUT2D eigenvalue weighted by Crippen LogP contribution is -2.20. The van der Waals surface area contributed by atoms with Crippen LogP contribution in [0.4, 0.5) is 13.2 Å². The molecule has 0 bridgehead atoms. The Bertz CT molecular complexity index is 198. The molecule has 0 aromatic heterocycles. The van der Waals surface area contributed by atoms with Crippen molar-refractivity contribution in [2.24, 2.45) is 5.92 Å². The van der Waals surface area contributed by atoms with Gasteiger partial charge in [0, 0.05) is 0 Å². The van der Waals surface area contributed by atoms with Gasteiger partial charge in [0.15, 0.2) is 0 Å². The topological polar surface area (TPSA) is 0 Å². The van der Waals surface area contributed by atoms with Gasteiger partial charge in [0.25, 0.3) is 0 Å². The molecular weight excluding hydrogens is 165 g/mol. The SMILES string of the molecule is C=C/C=C(\C=C)C(C)C(F)(F)F. The quantitative estimate of drug-likeness (QED) is 0.577. The first kappa shape index (κ1) is 11.0. The van der Waals surface area contributed by atoms with E-state index in [1.54, 1.807) is 0 Å². The van der Waals surface area contributed by atoms with Crippen LogP contribution in [0.3, 0.4) is 0 Å². The lowest BCUT2D eigenvalue weighted by atomic mass is 10.0. The molecular formula is C9H11F3. The van der Waals surface area contributed by atoms with Crippen molar-refractivity contribution in [3.63, 3.8) is 0 Å². The Labute approximate surface area is 70.1 Å². The van der Waals surface area contributed by atoms with Crippen LogP contribution < -0.4 is 0 Å². The van der Waals surface area contributed by atoms with Gasteiger partial charge in [-0.1, -0.05) is 31.4 Å². The molecule has 0 aromatic carbocycles. The van der Waals surface area contributed by atoms with E-state index in [4.69, 9.17) is 0 Å². The number of allylic oxidation sites excluding steroid dienone is 4. The van der Waals surface area contributed by atoms with Crippen LogP contribution in [0.2, 0.25) is 0 Å². The van der Waals surface area contributed by atoms with E-state index in [9.17, 15) is 13.2 Å². The standard InChI is InChI=1S/C9H11F3/c1-4-6-8(5-2)7(3)9(10,11)12/h4-7H,1-2H2,3H3/b8-6+. The summed E-state index contributed by atoms with van der Waals surface area (Å²) in [4.78, 5) is 0. The zero-order chi connectivity index (χ0) is 9.78. The minimum atomic E-state index is -4.21. The number of halogens is 3. The molecule has 1 unspecified atom stereocenters. The molecule has 0 saturated carbocycles. The highest BCUT2D eigenvalue weighted by Crippen LogP contribution is 2.31. The van der Waals surface area contributed by atoms with Crippen molar-refractivity contribution < 1.29 is 13.2 Å². The lowest BCUT2D eigenvalue weighted by molar-refractivity contribution is -0.158. The van der Waals surface area contributed by atoms with Gasteiger partial charge in [-0.05, 0) is 12.5 Å². The summed E-state index contributed by atoms with van der Waals surface area (Å²) >= 11 is 0. The van der Waals surface area contributed by atoms with Crippen molar-refractivity contribution in [2.45, 2.75) is 13.1 Å². The predicted octanol–water partition coefficient (Wildman–Crippen LogP) is 3.48. The summed E-state index contributed by atoms with van der Waals surface area (Å²) in [6.45, 7) is 7.71. The maximum atomic E-state index is 12.1. The van der Waals surface area contributed by atoms with Crippen LogP contribution >= 0.6 is 0 Å². The van der Waals surface area contributed by atoms with E-state index in [1.165, 1.54) is 18.2 Å². The van der Waals surface area contributed by atoms with Crippen molar-refractivity contribution in [2.75, 3.05) is 0 Å². The molecule has 1 atom stereocenters. The number of alkyl halides is 3. The fourth-order valence-corrected chi connectivity index (χ4v) is 0.714. The zero-order valence-electron chi connectivity index (χ0n) is 6.86. The maximum absolute atomic E-state index is 12.1. The number of hydrogen-bond acceptors (Lipinski definition) is 0. The Balaban J connectivity index is 4.64. The average Bonchev–Trinajstić information content (AvgIpc) is 1.97. The highest BCUT2D eigenvalue weighted by molar-refractivity contribution is 5.24. The van der Waals surface area contributed by atoms with Crippen LogP contribution in [0, 0.1) is 5.92 Å². The molecule has 0 rings (SSSR count). The van der Waals surface area contributed by atoms with Crippen LogP contribution in [0.25, 0.3) is 0 Å². The summed E-state index contributed by atoms with van der Waals surface area (Å²) < 4.78 is 36.3. The van der Waals surface area contributed by atoms with Gasteiger partial charge in [-0.25, -0.2) is 0 Å². The third kappa shape index (κ3) is 2.95. The van der Waals surface area contributed by atoms with Crippen molar-refractivity contribution in [1.29, 1.82) is 0 Å². The first-order valence-corrected chi connectivity index (χ1v) is 3.45. The average molecular weight is 176 g/mol. The summed E-state index contributed by atoms with van der Waals surface area (Å²) in [6.07, 6.45) is -0.382. The van der Waals surface area contributed by atoms with E-state index in [0.717, 1.165) is 6.92 Å². The van der Waals surface area contributed by atoms with Crippen LogP contribution in [0.15, 0.2) is 37.0 Å². The molecule has 0 nitrogen and oxygen atoms in total. The first-order chi connectivity index (χ1) is 5.43. The van der Waals surface area contributed by atoms with Crippen molar-refractivity contribution in [3.8, 4) is 0 Å². The molecule has 0 heterocycles. The van der Waals surface area contributed by atoms with E-state index in [2.05, 4.69) is 13.2 Å². The third-order valence-electron chi connectivity index (χ3n) is 1.54. The van der Waals surface area contributed by atoms with Crippen LogP contribution in [-0.2, 0) is 0 Å². The molecule has 0 radical (unpaired) electrons. The van der Waals surface area contributed by atoms with Gasteiger partial charge in [-0.3, -0.25) is 0 Å². The monoisotopic (exact) mass is 176 g/mol. The third-order valence-corrected chi connectivity index (χ3v) is 1.54. The number of hydrogen-bond donors (Lipinski definition) is 0. The van der Waals surface area contributed by atoms with Crippen LogP contribution in [-0.4, -0.2) is 6.18 Å². The van der Waals surface area contributed by atoms with Gasteiger partial charge in [0.1, 0.15) is 0 Å². The Hall–Kier alpha value is -0.990. The lowest BCUT2D eigenvalue weighted by Gasteiger charge is -2.15. The minimum absolute atomic E-state index is 0.137. The van der Waals surface area contributed by atoms with Gasteiger partial charge in [0.2, 0.25) is 0 Å². The van der Waals surface area contributed by atoms with E-state index in [0.29, 0.717) is 0 Å². The Morgan fingerprint density at radius 3 is 2.08 bits per heavy atom. The predicted molar refractivity (Wildman–Crippen MR) is 43.7 cm³/mol. The van der Waals surface area contributed by atoms with E-state index in [1.807, 2.05) is 0 Å². The molecule has 0 aliphatic rings. The van der Waals surface area contributed by atoms with E-state index < -0.39 is 12.1 Å². The smallest absolute Gasteiger partial charge is 0.170 e. The molecule has 0 aromatic rings. The summed E-state index contributed by atoms with van der Waals surface area (Å²) in [5.41, 5.74) is 0.137. The molecule has 3 heteroatoms. The second kappa shape index (κ2) is 4.14. The fourth-order valence-electron chi connectivity index (χ4n) is 0.714. The largest absolute Gasteiger partial charge is 0.395 e. The Kier molecular flexibility index (Phi) is 3.80. The summed E-state index contributed by atoms with van der Waals surface area (Å²) in [5.74, 6) is -1.48. The summed E-state index contributed by atoms with van der Waals surface area (Å²) in [7, 11) is 0. The van der Waals surface area contributed by atoms with E-state index >= 15 is 0 Å². The Morgan fingerprint density at radius 2 is 1.83 bits per heavy atom. The van der Waals surface area contributed by atoms with Crippen molar-refractivity contribution >= 4 is 0 Å². The van der Waals surface area contributed by atoms with Crippen molar-refractivity contribution in [3.05, 3.63) is 37.0 Å². The summed E-state index contributed by atoms with van der Waals surface area (Å²) in [5, 5.41) is 0.